The number of aromatic hydroxyl groups is 1. The number of methoxy groups -OCH3 is 2. The molecule has 0 bridgehead atoms. The molecule has 2 aromatic rings. The van der Waals surface area contributed by atoms with E-state index in [0.717, 1.165) is 30.8 Å². The minimum absolute atomic E-state index is 0.194. The first kappa shape index (κ1) is 19.0. The third-order valence-corrected chi connectivity index (χ3v) is 4.47. The highest BCUT2D eigenvalue weighted by molar-refractivity contribution is 5.80. The summed E-state index contributed by atoms with van der Waals surface area (Å²) in [5.41, 5.74) is 0.740. The summed E-state index contributed by atoms with van der Waals surface area (Å²) in [6.45, 7) is 1.57. The molecule has 0 saturated heterocycles. The van der Waals surface area contributed by atoms with Gasteiger partial charge in [-0.1, -0.05) is 0 Å². The third kappa shape index (κ3) is 4.68. The zero-order valence-corrected chi connectivity index (χ0v) is 15.9. The molecule has 1 aromatic heterocycles. The molecule has 1 atom stereocenters. The van der Waals surface area contributed by atoms with E-state index >= 15 is 0 Å². The third-order valence-electron chi connectivity index (χ3n) is 4.47. The van der Waals surface area contributed by atoms with Gasteiger partial charge in [-0.05, 0) is 24.6 Å². The van der Waals surface area contributed by atoms with Gasteiger partial charge in [0.1, 0.15) is 23.9 Å². The van der Waals surface area contributed by atoms with Gasteiger partial charge in [0.25, 0.3) is 0 Å². The maximum atomic E-state index is 10.0. The van der Waals surface area contributed by atoms with Crippen molar-refractivity contribution in [2.24, 2.45) is 4.99 Å². The Balaban J connectivity index is 1.58. The summed E-state index contributed by atoms with van der Waals surface area (Å²) in [6.07, 6.45) is 1.79. The Morgan fingerprint density at radius 1 is 1.41 bits per heavy atom. The second kappa shape index (κ2) is 8.72. The Morgan fingerprint density at radius 2 is 2.26 bits per heavy atom. The molecule has 3 N–H and O–H groups in total. The summed E-state index contributed by atoms with van der Waals surface area (Å²) in [4.78, 5) is 8.77. The molecule has 3 rings (SSSR count). The van der Waals surface area contributed by atoms with Gasteiger partial charge in [-0.15, -0.1) is 0 Å². The lowest BCUT2D eigenvalue weighted by atomic mass is 10.1. The molecule has 0 fully saturated rings. The summed E-state index contributed by atoms with van der Waals surface area (Å²) in [5, 5.41) is 21.1. The van der Waals surface area contributed by atoms with E-state index in [4.69, 9.17) is 9.47 Å². The zero-order valence-electron chi connectivity index (χ0n) is 15.9. The van der Waals surface area contributed by atoms with E-state index in [1.165, 1.54) is 0 Å². The average Bonchev–Trinajstić information content (AvgIpc) is 3.08. The molecule has 1 aliphatic heterocycles. The predicted octanol–water partition coefficient (Wildman–Crippen LogP) is 0.819. The van der Waals surface area contributed by atoms with E-state index in [9.17, 15) is 5.11 Å². The monoisotopic (exact) mass is 374 g/mol. The molecule has 0 radical (unpaired) electrons. The number of hydrogen-bond acceptors (Lipinski definition) is 6. The number of aryl methyl sites for hydroxylation is 1. The van der Waals surface area contributed by atoms with E-state index in [0.29, 0.717) is 30.7 Å². The maximum absolute atomic E-state index is 10.0. The highest BCUT2D eigenvalue weighted by atomic mass is 16.5. The minimum atomic E-state index is 0.194. The fourth-order valence-corrected chi connectivity index (χ4v) is 3.07. The lowest BCUT2D eigenvalue weighted by molar-refractivity contribution is 0.177. The summed E-state index contributed by atoms with van der Waals surface area (Å²) < 4.78 is 12.2. The lowest BCUT2D eigenvalue weighted by Gasteiger charge is -2.25. The van der Waals surface area contributed by atoms with E-state index in [2.05, 4.69) is 25.7 Å². The topological polar surface area (TPSA) is 106 Å². The van der Waals surface area contributed by atoms with Crippen LogP contribution in [0.1, 0.15) is 23.6 Å². The molecule has 1 aliphatic rings. The van der Waals surface area contributed by atoms with Crippen molar-refractivity contribution in [1.82, 2.24) is 25.4 Å². The summed E-state index contributed by atoms with van der Waals surface area (Å²) in [5.74, 6) is 3.29. The Kier molecular flexibility index (Phi) is 6.12. The number of guanidine groups is 1. The minimum Gasteiger partial charge on any atom is -0.508 e. The van der Waals surface area contributed by atoms with E-state index in [1.54, 1.807) is 39.5 Å². The van der Waals surface area contributed by atoms with Gasteiger partial charge < -0.3 is 25.2 Å². The molecule has 9 heteroatoms. The van der Waals surface area contributed by atoms with Crippen LogP contribution in [-0.2, 0) is 30.9 Å². The highest BCUT2D eigenvalue weighted by Crippen LogP contribution is 2.22. The summed E-state index contributed by atoms with van der Waals surface area (Å²) in [7, 11) is 4.96. The molecule has 0 spiro atoms. The van der Waals surface area contributed by atoms with Gasteiger partial charge in [0, 0.05) is 38.7 Å². The van der Waals surface area contributed by atoms with Crippen molar-refractivity contribution in [2.75, 3.05) is 21.3 Å². The number of phenolic OH excluding ortho intramolecular Hbond substituents is 1. The standard InChI is InChI=1S/C18H26N6O3/c1-19-18(20-9-12-8-14(27-3)5-6-15(12)25)21-13-4-7-17-22-16(11-26-2)23-24(17)10-13/h5-6,8,13,25H,4,7,9-11H2,1-3H3,(H2,19,20,21). The average molecular weight is 374 g/mol. The normalized spacial score (nSPS) is 16.7. The molecule has 1 aromatic carbocycles. The van der Waals surface area contributed by atoms with E-state index < -0.39 is 0 Å². The van der Waals surface area contributed by atoms with Crippen molar-refractivity contribution in [2.45, 2.75) is 38.6 Å². The smallest absolute Gasteiger partial charge is 0.191 e. The van der Waals surface area contributed by atoms with Gasteiger partial charge in [-0.2, -0.15) is 5.10 Å². The second-order valence-corrected chi connectivity index (χ2v) is 6.36. The van der Waals surface area contributed by atoms with Crippen LogP contribution in [0.25, 0.3) is 0 Å². The summed E-state index contributed by atoms with van der Waals surface area (Å²) >= 11 is 0. The molecule has 0 saturated carbocycles. The molecule has 27 heavy (non-hydrogen) atoms. The Morgan fingerprint density at radius 3 is 3.00 bits per heavy atom. The number of nitrogens with zero attached hydrogens (tertiary/aromatic N) is 4. The van der Waals surface area contributed by atoms with Crippen LogP contribution in [0.2, 0.25) is 0 Å². The van der Waals surface area contributed by atoms with Crippen molar-refractivity contribution in [1.29, 1.82) is 0 Å². The number of fused-ring (bicyclic) bond motifs is 1. The van der Waals surface area contributed by atoms with Gasteiger partial charge in [-0.3, -0.25) is 4.99 Å². The maximum Gasteiger partial charge on any atom is 0.191 e. The van der Waals surface area contributed by atoms with Crippen molar-refractivity contribution in [3.63, 3.8) is 0 Å². The van der Waals surface area contributed by atoms with Crippen LogP contribution in [-0.4, -0.2) is 53.1 Å². The second-order valence-electron chi connectivity index (χ2n) is 6.36. The van der Waals surface area contributed by atoms with Crippen LogP contribution in [0.5, 0.6) is 11.5 Å². The number of aromatic nitrogens is 3. The van der Waals surface area contributed by atoms with Crippen molar-refractivity contribution in [3.05, 3.63) is 35.4 Å². The first-order chi connectivity index (χ1) is 13.1. The zero-order chi connectivity index (χ0) is 19.2. The van der Waals surface area contributed by atoms with E-state index in [1.807, 2.05) is 4.68 Å². The summed E-state index contributed by atoms with van der Waals surface area (Å²) in [6, 6.07) is 5.34. The molecule has 2 heterocycles. The van der Waals surface area contributed by atoms with Crippen molar-refractivity contribution < 1.29 is 14.6 Å². The number of nitrogens with one attached hydrogen (secondary N) is 2. The Hall–Kier alpha value is -2.81. The van der Waals surface area contributed by atoms with Crippen LogP contribution in [0.3, 0.4) is 0 Å². The molecule has 146 valence electrons. The van der Waals surface area contributed by atoms with Crippen LogP contribution in [0.4, 0.5) is 0 Å². The van der Waals surface area contributed by atoms with Crippen LogP contribution in [0, 0.1) is 0 Å². The SMILES string of the molecule is CN=C(NCc1cc(OC)ccc1O)NC1CCc2nc(COC)nn2C1. The number of hydrogen-bond donors (Lipinski definition) is 3. The fourth-order valence-electron chi connectivity index (χ4n) is 3.07. The highest BCUT2D eigenvalue weighted by Gasteiger charge is 2.22. The van der Waals surface area contributed by atoms with Crippen LogP contribution >= 0.6 is 0 Å². The van der Waals surface area contributed by atoms with Gasteiger partial charge in [0.2, 0.25) is 0 Å². The largest absolute Gasteiger partial charge is 0.508 e. The first-order valence-corrected chi connectivity index (χ1v) is 8.87. The number of ether oxygens (including phenoxy) is 2. The fraction of sp³-hybridized carbons (Fsp3) is 0.500. The molecule has 0 aliphatic carbocycles. The lowest BCUT2D eigenvalue weighted by Crippen LogP contribution is -2.46. The number of benzene rings is 1. The van der Waals surface area contributed by atoms with Gasteiger partial charge in [-0.25, -0.2) is 9.67 Å². The van der Waals surface area contributed by atoms with E-state index in [-0.39, 0.29) is 11.8 Å². The van der Waals surface area contributed by atoms with Crippen LogP contribution in [0.15, 0.2) is 23.2 Å². The predicted molar refractivity (Wildman–Crippen MR) is 101 cm³/mol. The molecule has 0 amide bonds. The Bertz CT molecular complexity index is 804. The number of rotatable bonds is 6. The number of phenols is 1. The molecule has 9 nitrogen and oxygen atoms in total. The van der Waals surface area contributed by atoms with Crippen molar-refractivity contribution >= 4 is 5.96 Å². The Labute approximate surface area is 158 Å². The van der Waals surface area contributed by atoms with Crippen LogP contribution < -0.4 is 15.4 Å². The first-order valence-electron chi connectivity index (χ1n) is 8.87. The van der Waals surface area contributed by atoms with Gasteiger partial charge in [0.05, 0.1) is 13.7 Å². The van der Waals surface area contributed by atoms with Crippen molar-refractivity contribution in [3.8, 4) is 11.5 Å². The number of aliphatic imine (C=N–C) groups is 1. The molecular weight excluding hydrogens is 348 g/mol. The van der Waals surface area contributed by atoms with Gasteiger partial charge in [0.15, 0.2) is 11.8 Å². The molecular formula is C18H26N6O3. The molecule has 1 unspecified atom stereocenters. The quantitative estimate of drug-likeness (QED) is 0.508. The van der Waals surface area contributed by atoms with Gasteiger partial charge >= 0.3 is 0 Å².